The molecule has 0 saturated carbocycles. The van der Waals surface area contributed by atoms with Crippen molar-refractivity contribution in [2.75, 3.05) is 28.2 Å². The number of benzene rings is 2. The van der Waals surface area contributed by atoms with Crippen molar-refractivity contribution in [1.29, 1.82) is 0 Å². The number of likely N-dealkylation sites (N-methyl/N-ethyl adjacent to an activating group) is 4. The van der Waals surface area contributed by atoms with Crippen molar-refractivity contribution in [2.45, 2.75) is 183 Å². The minimum absolute atomic E-state index is 0.0832. The van der Waals surface area contributed by atoms with Crippen molar-refractivity contribution in [3.63, 3.8) is 0 Å². The van der Waals surface area contributed by atoms with Crippen molar-refractivity contribution in [1.82, 2.24) is 19.6 Å². The zero-order valence-corrected chi connectivity index (χ0v) is 51.0. The van der Waals surface area contributed by atoms with Gasteiger partial charge in [-0.15, -0.1) is 0 Å². The molecular weight excluding hydrogens is 1050 g/mol. The maximum absolute atomic E-state index is 15.0. The van der Waals surface area contributed by atoms with E-state index in [-0.39, 0.29) is 62.2 Å². The smallest absolute Gasteiger partial charge is 0.329 e. The number of nitrogens with zero attached hydrogens (tertiary/aromatic N) is 4. The van der Waals surface area contributed by atoms with Gasteiger partial charge in [-0.25, -0.2) is 19.2 Å². The van der Waals surface area contributed by atoms with Crippen LogP contribution in [0, 0.1) is 37.5 Å². The highest BCUT2D eigenvalue weighted by atomic mass is 16.6. The van der Waals surface area contributed by atoms with Crippen LogP contribution < -0.4 is 0 Å². The summed E-state index contributed by atoms with van der Waals surface area (Å²) in [6.07, 6.45) is -4.94. The summed E-state index contributed by atoms with van der Waals surface area (Å²) in [6, 6.07) is 17.2. The second kappa shape index (κ2) is 29.7. The molecule has 3 heterocycles. The molecule has 0 radical (unpaired) electrons. The SMILES string of the molecule is Cc1ccc(Cc2ccc(C[C@H]3OC(=O)[C@H](CC(C)C)N(C)C(=O)[C@@H](C)OC(=O)[C@H](CC(C)C)N(C)C(=O)[C@@H](Cc4ccc(Cc5ccc(C)o5)cc4)OC(=O)[C@H](CC(C)C)N(C)C(=O)[C@@H](C)OC(=O)[C@H](CC(C)C)N(C)C3=O)cc2)o1. The van der Waals surface area contributed by atoms with Crippen LogP contribution in [0.15, 0.2) is 81.6 Å². The van der Waals surface area contributed by atoms with Crippen LogP contribution in [-0.2, 0) is 83.0 Å². The molecule has 4 amide bonds. The number of amides is 4. The summed E-state index contributed by atoms with van der Waals surface area (Å²) in [5, 5.41) is 0. The van der Waals surface area contributed by atoms with Crippen LogP contribution >= 0.6 is 0 Å². The quantitative estimate of drug-likeness (QED) is 0.0759. The molecule has 0 aliphatic carbocycles. The summed E-state index contributed by atoms with van der Waals surface area (Å²) in [6.45, 7) is 21.3. The van der Waals surface area contributed by atoms with Crippen LogP contribution in [-0.4, -0.2) is 144 Å². The molecule has 1 fully saturated rings. The Labute approximate surface area is 484 Å². The number of cyclic esters (lactones) is 4. The first-order valence-electron chi connectivity index (χ1n) is 28.7. The van der Waals surface area contributed by atoms with Gasteiger partial charge in [0.05, 0.1) is 0 Å². The summed E-state index contributed by atoms with van der Waals surface area (Å²) in [4.78, 5) is 122. The lowest BCUT2D eigenvalue weighted by Crippen LogP contribution is -2.55. The molecule has 1 saturated heterocycles. The number of aryl methyl sites for hydroxylation is 2. The monoisotopic (exact) mass is 1140 g/mol. The molecule has 18 nitrogen and oxygen atoms in total. The second-order valence-electron chi connectivity index (χ2n) is 23.8. The van der Waals surface area contributed by atoms with E-state index in [1.54, 1.807) is 0 Å². The van der Waals surface area contributed by atoms with E-state index < -0.39 is 96.1 Å². The van der Waals surface area contributed by atoms with E-state index in [4.69, 9.17) is 27.8 Å². The maximum atomic E-state index is 15.0. The Bertz CT molecular complexity index is 2610. The average Bonchev–Trinajstić information content (AvgIpc) is 4.11. The van der Waals surface area contributed by atoms with Crippen LogP contribution in [0.3, 0.4) is 0 Å². The molecule has 18 heteroatoms. The first-order valence-corrected chi connectivity index (χ1v) is 28.7. The lowest BCUT2D eigenvalue weighted by atomic mass is 9.99. The summed E-state index contributed by atoms with van der Waals surface area (Å²) < 4.78 is 35.8. The van der Waals surface area contributed by atoms with E-state index in [9.17, 15) is 28.8 Å². The van der Waals surface area contributed by atoms with Gasteiger partial charge >= 0.3 is 23.9 Å². The number of furan rings is 2. The highest BCUT2D eigenvalue weighted by Gasteiger charge is 2.43. The molecule has 8 atom stereocenters. The zero-order chi connectivity index (χ0) is 60.9. The van der Waals surface area contributed by atoms with E-state index in [1.165, 1.54) is 42.0 Å². The molecule has 4 aromatic rings. The molecule has 1 aliphatic rings. The number of carbonyl (C=O) groups excluding carboxylic acids is 8. The van der Waals surface area contributed by atoms with Gasteiger partial charge in [-0.1, -0.05) is 104 Å². The third kappa shape index (κ3) is 18.4. The third-order valence-electron chi connectivity index (χ3n) is 14.7. The van der Waals surface area contributed by atoms with E-state index in [0.717, 1.165) is 53.8 Å². The van der Waals surface area contributed by atoms with E-state index in [0.29, 0.717) is 24.0 Å². The molecule has 0 unspecified atom stereocenters. The van der Waals surface area contributed by atoms with Gasteiger partial charge in [0.1, 0.15) is 47.2 Å². The van der Waals surface area contributed by atoms with Crippen molar-refractivity contribution in [2.24, 2.45) is 23.7 Å². The van der Waals surface area contributed by atoms with Gasteiger partial charge in [0.2, 0.25) is 0 Å². The van der Waals surface area contributed by atoms with Crippen molar-refractivity contribution in [3.05, 3.63) is 118 Å². The van der Waals surface area contributed by atoms with Gasteiger partial charge in [-0.3, -0.25) is 19.2 Å². The highest BCUT2D eigenvalue weighted by Crippen LogP contribution is 2.25. The maximum Gasteiger partial charge on any atom is 0.329 e. The van der Waals surface area contributed by atoms with Gasteiger partial charge in [-0.2, -0.15) is 0 Å². The molecule has 2 aromatic carbocycles. The minimum atomic E-state index is -1.53. The Morgan fingerprint density at radius 2 is 0.622 bits per heavy atom. The first kappa shape index (κ1) is 65.6. The van der Waals surface area contributed by atoms with Gasteiger partial charge in [0.15, 0.2) is 24.4 Å². The highest BCUT2D eigenvalue weighted by molar-refractivity contribution is 5.94. The van der Waals surface area contributed by atoms with Crippen molar-refractivity contribution >= 4 is 47.5 Å². The minimum Gasteiger partial charge on any atom is -0.466 e. The fraction of sp³-hybridized carbons (Fsp3) is 0.562. The lowest BCUT2D eigenvalue weighted by molar-refractivity contribution is -0.176. The largest absolute Gasteiger partial charge is 0.466 e. The average molecular weight is 1140 g/mol. The Hall–Kier alpha value is -7.24. The predicted molar refractivity (Wildman–Crippen MR) is 308 cm³/mol. The summed E-state index contributed by atoms with van der Waals surface area (Å²) in [7, 11) is 5.58. The fourth-order valence-corrected chi connectivity index (χ4v) is 10.1. The fourth-order valence-electron chi connectivity index (χ4n) is 10.1. The molecule has 0 bridgehead atoms. The number of rotatable bonds is 16. The summed E-state index contributed by atoms with van der Waals surface area (Å²) in [5.74, 6) is -4.33. The molecule has 2 aromatic heterocycles. The van der Waals surface area contributed by atoms with Gasteiger partial charge < -0.3 is 47.4 Å². The molecule has 0 N–H and O–H groups in total. The lowest BCUT2D eigenvalue weighted by Gasteiger charge is -2.35. The number of ether oxygens (including phenoxy) is 4. The molecule has 448 valence electrons. The Morgan fingerprint density at radius 3 is 0.878 bits per heavy atom. The molecule has 1 aliphatic heterocycles. The normalized spacial score (nSPS) is 23.0. The third-order valence-corrected chi connectivity index (χ3v) is 14.7. The van der Waals surface area contributed by atoms with Gasteiger partial charge in [0.25, 0.3) is 23.6 Å². The van der Waals surface area contributed by atoms with Gasteiger partial charge in [0, 0.05) is 53.9 Å². The second-order valence-corrected chi connectivity index (χ2v) is 23.8. The van der Waals surface area contributed by atoms with E-state index in [1.807, 2.05) is 142 Å². The predicted octanol–water partition coefficient (Wildman–Crippen LogP) is 8.65. The number of carbonyl (C=O) groups is 8. The van der Waals surface area contributed by atoms with Crippen LogP contribution in [0.1, 0.15) is 140 Å². The van der Waals surface area contributed by atoms with Crippen LogP contribution in [0.2, 0.25) is 0 Å². The van der Waals surface area contributed by atoms with E-state index >= 15 is 9.59 Å². The van der Waals surface area contributed by atoms with E-state index in [2.05, 4.69) is 0 Å². The number of hydrogen-bond acceptors (Lipinski definition) is 14. The number of esters is 4. The Morgan fingerprint density at radius 1 is 0.366 bits per heavy atom. The summed E-state index contributed by atoms with van der Waals surface area (Å²) in [5.41, 5.74) is 3.09. The number of hydrogen-bond donors (Lipinski definition) is 0. The van der Waals surface area contributed by atoms with Crippen LogP contribution in [0.4, 0.5) is 0 Å². The van der Waals surface area contributed by atoms with Crippen molar-refractivity contribution in [3.8, 4) is 0 Å². The Balaban J connectivity index is 1.59. The standard InChI is InChI=1S/C64H88N4O14/c1-37(2)29-51-61(73)79-43(11)57(69)65(13)54(32-40(7)8)64(76)82-56(36-48-25-21-46(22-26-48)34-50-28-18-42(10)78-50)60(72)68(16)52(30-38(3)4)62(74)80-44(12)58(70)66(14)53(31-39(5)6)63(75)81-55(59(71)67(51)15)35-47-23-19-45(20-24-47)33-49-27-17-41(9)77-49/h17-28,37-40,43-44,51-56H,29-36H2,1-16H3/t43-,44-,51+,52+,53+,54+,55-,56-/m1/s1. The zero-order valence-electron chi connectivity index (χ0n) is 51.0. The topological polar surface area (TPSA) is 213 Å². The van der Waals surface area contributed by atoms with Crippen molar-refractivity contribution < 1.29 is 66.1 Å². The Kier molecular flexibility index (Phi) is 23.7. The summed E-state index contributed by atoms with van der Waals surface area (Å²) >= 11 is 0. The molecule has 0 spiro atoms. The molecule has 5 rings (SSSR count). The van der Waals surface area contributed by atoms with Gasteiger partial charge in [-0.05, 0) is 124 Å². The van der Waals surface area contributed by atoms with Crippen LogP contribution in [0.5, 0.6) is 0 Å². The van der Waals surface area contributed by atoms with Crippen LogP contribution in [0.25, 0.3) is 0 Å². The first-order chi connectivity index (χ1) is 38.5. The molecule has 82 heavy (non-hydrogen) atoms. The molecular formula is C64H88N4O14.